The molecule has 5 nitrogen and oxygen atoms in total. The van der Waals surface area contributed by atoms with Gasteiger partial charge in [-0.15, -0.1) is 11.3 Å². The first kappa shape index (κ1) is 19.0. The number of nitrogens with zero attached hydrogens (tertiary/aromatic N) is 1. The topological polar surface area (TPSA) is 58.6 Å². The standard InChI is InChI=1S/C19H18F2N2O3S/c1-3-26-18(24)15-11(2)23(10-12-6-5-9-27-12)19(25)22-17(15)16-13(20)7-4-8-14(16)21/h4-9,17H,3,10H2,1-2H3,(H,22,25). The van der Waals surface area contributed by atoms with Gasteiger partial charge in [-0.25, -0.2) is 18.4 Å². The number of nitrogens with one attached hydrogen (secondary N) is 1. The van der Waals surface area contributed by atoms with Gasteiger partial charge in [0.25, 0.3) is 0 Å². The van der Waals surface area contributed by atoms with E-state index in [1.807, 2.05) is 17.5 Å². The molecule has 0 bridgehead atoms. The average Bonchev–Trinajstić information content (AvgIpc) is 3.11. The lowest BCUT2D eigenvalue weighted by molar-refractivity contribution is -0.139. The summed E-state index contributed by atoms with van der Waals surface area (Å²) in [5.41, 5.74) is -0.0701. The Morgan fingerprint density at radius 3 is 2.56 bits per heavy atom. The van der Waals surface area contributed by atoms with E-state index in [0.29, 0.717) is 5.70 Å². The zero-order chi connectivity index (χ0) is 19.6. The Kier molecular flexibility index (Phi) is 5.55. The van der Waals surface area contributed by atoms with E-state index in [0.717, 1.165) is 17.0 Å². The second-order valence-electron chi connectivity index (χ2n) is 5.90. The summed E-state index contributed by atoms with van der Waals surface area (Å²) in [5, 5.41) is 4.42. The lowest BCUT2D eigenvalue weighted by Crippen LogP contribution is -2.48. The molecule has 3 rings (SSSR count). The van der Waals surface area contributed by atoms with Crippen LogP contribution in [0, 0.1) is 11.6 Å². The molecule has 2 aromatic rings. The number of amides is 2. The minimum Gasteiger partial charge on any atom is -0.463 e. The van der Waals surface area contributed by atoms with Crippen LogP contribution in [0.1, 0.15) is 30.3 Å². The zero-order valence-corrected chi connectivity index (χ0v) is 15.6. The number of allylic oxidation sites excluding steroid dienone is 1. The molecule has 0 saturated heterocycles. The summed E-state index contributed by atoms with van der Waals surface area (Å²) in [6, 6.07) is 5.30. The van der Waals surface area contributed by atoms with Gasteiger partial charge in [-0.1, -0.05) is 12.1 Å². The molecular formula is C19H18F2N2O3S. The molecule has 1 N–H and O–H groups in total. The molecule has 0 saturated carbocycles. The van der Waals surface area contributed by atoms with Gasteiger partial charge in [0.1, 0.15) is 11.6 Å². The van der Waals surface area contributed by atoms with E-state index < -0.39 is 29.7 Å². The van der Waals surface area contributed by atoms with Crippen LogP contribution in [-0.2, 0) is 16.1 Å². The third-order valence-electron chi connectivity index (χ3n) is 4.27. The number of esters is 1. The van der Waals surface area contributed by atoms with Gasteiger partial charge >= 0.3 is 12.0 Å². The van der Waals surface area contributed by atoms with Crippen LogP contribution in [0.25, 0.3) is 0 Å². The molecular weight excluding hydrogens is 374 g/mol. The largest absolute Gasteiger partial charge is 0.463 e. The maximum Gasteiger partial charge on any atom is 0.338 e. The van der Waals surface area contributed by atoms with E-state index in [9.17, 15) is 18.4 Å². The third kappa shape index (κ3) is 3.71. The van der Waals surface area contributed by atoms with Crippen LogP contribution in [0.15, 0.2) is 47.0 Å². The van der Waals surface area contributed by atoms with Crippen LogP contribution < -0.4 is 5.32 Å². The van der Waals surface area contributed by atoms with E-state index in [4.69, 9.17) is 4.74 Å². The number of urea groups is 1. The number of halogens is 2. The number of ether oxygens (including phenoxy) is 1. The highest BCUT2D eigenvalue weighted by atomic mass is 32.1. The molecule has 1 unspecified atom stereocenters. The molecule has 1 aliphatic heterocycles. The van der Waals surface area contributed by atoms with Gasteiger partial charge in [-0.3, -0.25) is 4.90 Å². The van der Waals surface area contributed by atoms with Gasteiger partial charge in [0.05, 0.1) is 30.3 Å². The molecule has 1 aromatic carbocycles. The maximum atomic E-state index is 14.3. The maximum absolute atomic E-state index is 14.3. The third-order valence-corrected chi connectivity index (χ3v) is 5.14. The fourth-order valence-electron chi connectivity index (χ4n) is 3.01. The minimum atomic E-state index is -1.27. The molecule has 0 fully saturated rings. The Bertz CT molecular complexity index is 876. The summed E-state index contributed by atoms with van der Waals surface area (Å²) in [7, 11) is 0. The van der Waals surface area contributed by atoms with E-state index in [-0.39, 0.29) is 24.3 Å². The number of thiophene rings is 1. The van der Waals surface area contributed by atoms with E-state index in [1.54, 1.807) is 13.8 Å². The summed E-state index contributed by atoms with van der Waals surface area (Å²) in [5.74, 6) is -2.41. The van der Waals surface area contributed by atoms with Crippen LogP contribution >= 0.6 is 11.3 Å². The van der Waals surface area contributed by atoms with Crippen LogP contribution in [0.5, 0.6) is 0 Å². The van der Waals surface area contributed by atoms with Crippen LogP contribution in [0.2, 0.25) is 0 Å². The van der Waals surface area contributed by atoms with Crippen molar-refractivity contribution in [3.8, 4) is 0 Å². The average molecular weight is 392 g/mol. The van der Waals surface area contributed by atoms with Crippen molar-refractivity contribution in [1.29, 1.82) is 0 Å². The van der Waals surface area contributed by atoms with Gasteiger partial charge in [-0.05, 0) is 37.4 Å². The zero-order valence-electron chi connectivity index (χ0n) is 14.8. The molecule has 1 aromatic heterocycles. The summed E-state index contributed by atoms with van der Waals surface area (Å²) in [4.78, 5) is 27.5. The Balaban J connectivity index is 2.10. The summed E-state index contributed by atoms with van der Waals surface area (Å²) in [6.07, 6.45) is 0. The molecule has 27 heavy (non-hydrogen) atoms. The molecule has 2 amide bonds. The molecule has 1 atom stereocenters. The Morgan fingerprint density at radius 2 is 1.96 bits per heavy atom. The Labute approximate surface area is 159 Å². The fourth-order valence-corrected chi connectivity index (χ4v) is 3.70. The minimum absolute atomic E-state index is 0.0111. The summed E-state index contributed by atoms with van der Waals surface area (Å²) in [6.45, 7) is 3.55. The molecule has 2 heterocycles. The highest BCUT2D eigenvalue weighted by molar-refractivity contribution is 7.09. The van der Waals surface area contributed by atoms with Crippen molar-refractivity contribution in [1.82, 2.24) is 10.2 Å². The highest BCUT2D eigenvalue weighted by Gasteiger charge is 2.39. The molecule has 0 radical (unpaired) electrons. The van der Waals surface area contributed by atoms with Crippen LogP contribution in [0.3, 0.4) is 0 Å². The molecule has 142 valence electrons. The molecule has 0 aliphatic carbocycles. The summed E-state index contributed by atoms with van der Waals surface area (Å²) < 4.78 is 33.8. The van der Waals surface area contributed by atoms with Gasteiger partial charge in [-0.2, -0.15) is 0 Å². The van der Waals surface area contributed by atoms with E-state index in [1.165, 1.54) is 22.3 Å². The number of carbonyl (C=O) groups excluding carboxylic acids is 2. The number of hydrogen-bond donors (Lipinski definition) is 1. The Hall–Kier alpha value is -2.74. The normalized spacial score (nSPS) is 17.1. The smallest absolute Gasteiger partial charge is 0.338 e. The van der Waals surface area contributed by atoms with Gasteiger partial charge in [0, 0.05) is 10.6 Å². The number of hydrogen-bond acceptors (Lipinski definition) is 4. The van der Waals surface area contributed by atoms with Crippen molar-refractivity contribution in [2.24, 2.45) is 0 Å². The monoisotopic (exact) mass is 392 g/mol. The number of benzene rings is 1. The first-order chi connectivity index (χ1) is 12.9. The predicted molar refractivity (Wildman–Crippen MR) is 96.8 cm³/mol. The first-order valence-electron chi connectivity index (χ1n) is 8.36. The Morgan fingerprint density at radius 1 is 1.26 bits per heavy atom. The van der Waals surface area contributed by atoms with Gasteiger partial charge in [0.2, 0.25) is 0 Å². The van der Waals surface area contributed by atoms with Crippen molar-refractivity contribution in [3.05, 3.63) is 69.1 Å². The van der Waals surface area contributed by atoms with Crippen molar-refractivity contribution in [2.75, 3.05) is 6.61 Å². The van der Waals surface area contributed by atoms with Crippen LogP contribution in [-0.4, -0.2) is 23.5 Å². The molecule has 0 spiro atoms. The number of rotatable bonds is 5. The SMILES string of the molecule is CCOC(=O)C1=C(C)N(Cc2cccs2)C(=O)NC1c1c(F)cccc1F. The van der Waals surface area contributed by atoms with Gasteiger partial charge in [0.15, 0.2) is 0 Å². The molecule has 1 aliphatic rings. The van der Waals surface area contributed by atoms with E-state index in [2.05, 4.69) is 5.32 Å². The second kappa shape index (κ2) is 7.87. The quantitative estimate of drug-likeness (QED) is 0.779. The second-order valence-corrected chi connectivity index (χ2v) is 6.94. The van der Waals surface area contributed by atoms with Crippen molar-refractivity contribution in [2.45, 2.75) is 26.4 Å². The summed E-state index contributed by atoms with van der Waals surface area (Å²) >= 11 is 1.46. The highest BCUT2D eigenvalue weighted by Crippen LogP contribution is 2.34. The predicted octanol–water partition coefficient (Wildman–Crippen LogP) is 4.13. The molecule has 8 heteroatoms. The van der Waals surface area contributed by atoms with Crippen LogP contribution in [0.4, 0.5) is 13.6 Å². The number of carbonyl (C=O) groups is 2. The van der Waals surface area contributed by atoms with Crippen molar-refractivity contribution in [3.63, 3.8) is 0 Å². The van der Waals surface area contributed by atoms with Crippen molar-refractivity contribution >= 4 is 23.3 Å². The first-order valence-corrected chi connectivity index (χ1v) is 9.24. The van der Waals surface area contributed by atoms with Crippen molar-refractivity contribution < 1.29 is 23.1 Å². The lowest BCUT2D eigenvalue weighted by atomic mass is 9.94. The fraction of sp³-hybridized carbons (Fsp3) is 0.263. The lowest BCUT2D eigenvalue weighted by Gasteiger charge is -2.35. The van der Waals surface area contributed by atoms with Gasteiger partial charge < -0.3 is 10.1 Å². The van der Waals surface area contributed by atoms with E-state index >= 15 is 0 Å².